The number of likely N-dealkylation sites (tertiary alicyclic amines) is 1. The van der Waals surface area contributed by atoms with Gasteiger partial charge in [0.1, 0.15) is 0 Å². The van der Waals surface area contributed by atoms with Crippen LogP contribution in [0.5, 0.6) is 0 Å². The second-order valence-electron chi connectivity index (χ2n) is 7.44. The lowest BCUT2D eigenvalue weighted by atomic mass is 10.1. The Morgan fingerprint density at radius 3 is 2.48 bits per heavy atom. The summed E-state index contributed by atoms with van der Waals surface area (Å²) < 4.78 is 4.98. The van der Waals surface area contributed by atoms with E-state index in [2.05, 4.69) is 10.6 Å². The van der Waals surface area contributed by atoms with Gasteiger partial charge in [0.05, 0.1) is 5.56 Å². The number of imide groups is 1. The molecule has 0 saturated carbocycles. The molecule has 0 aliphatic carbocycles. The second-order valence-corrected chi connectivity index (χ2v) is 7.44. The summed E-state index contributed by atoms with van der Waals surface area (Å²) in [5.41, 5.74) is 3.69. The first-order valence-corrected chi connectivity index (χ1v) is 10.0. The summed E-state index contributed by atoms with van der Waals surface area (Å²) in [5.74, 6) is -1.27. The molecule has 1 fully saturated rings. The van der Waals surface area contributed by atoms with Crippen molar-refractivity contribution in [1.82, 2.24) is 10.2 Å². The van der Waals surface area contributed by atoms with E-state index in [1.54, 1.807) is 41.3 Å². The molecule has 1 saturated heterocycles. The fourth-order valence-corrected chi connectivity index (χ4v) is 3.26. The van der Waals surface area contributed by atoms with E-state index in [1.807, 2.05) is 19.9 Å². The van der Waals surface area contributed by atoms with Gasteiger partial charge in [-0.15, -0.1) is 0 Å². The highest BCUT2D eigenvalue weighted by molar-refractivity contribution is 6.02. The van der Waals surface area contributed by atoms with Crippen molar-refractivity contribution in [2.45, 2.75) is 33.2 Å². The normalized spacial score (nSPS) is 13.1. The van der Waals surface area contributed by atoms with Gasteiger partial charge in [0.2, 0.25) is 5.91 Å². The minimum atomic E-state index is -0.736. The van der Waals surface area contributed by atoms with Gasteiger partial charge >= 0.3 is 12.0 Å². The summed E-state index contributed by atoms with van der Waals surface area (Å²) in [6.07, 6.45) is 1.45. The van der Waals surface area contributed by atoms with Gasteiger partial charge in [0, 0.05) is 25.2 Å². The second kappa shape index (κ2) is 9.88. The van der Waals surface area contributed by atoms with Crippen molar-refractivity contribution in [2.75, 3.05) is 18.5 Å². The van der Waals surface area contributed by atoms with Crippen LogP contribution in [0.3, 0.4) is 0 Å². The molecule has 0 spiro atoms. The van der Waals surface area contributed by atoms with Crippen LogP contribution in [0.4, 0.5) is 10.5 Å². The molecule has 3 rings (SSSR count). The Morgan fingerprint density at radius 1 is 1.06 bits per heavy atom. The van der Waals surface area contributed by atoms with Crippen LogP contribution in [0.15, 0.2) is 42.5 Å². The van der Waals surface area contributed by atoms with Gasteiger partial charge in [0.25, 0.3) is 5.91 Å². The number of aryl methyl sites for hydroxylation is 1. The van der Waals surface area contributed by atoms with E-state index in [4.69, 9.17) is 4.74 Å². The molecule has 4 amide bonds. The van der Waals surface area contributed by atoms with E-state index in [9.17, 15) is 19.2 Å². The largest absolute Gasteiger partial charge is 0.452 e. The molecule has 162 valence electrons. The molecule has 2 aromatic carbocycles. The highest BCUT2D eigenvalue weighted by Gasteiger charge is 2.20. The molecule has 0 aromatic heterocycles. The number of urea groups is 1. The van der Waals surface area contributed by atoms with Gasteiger partial charge in [0.15, 0.2) is 6.61 Å². The van der Waals surface area contributed by atoms with Crippen molar-refractivity contribution < 1.29 is 23.9 Å². The van der Waals surface area contributed by atoms with E-state index in [-0.39, 0.29) is 11.5 Å². The maximum absolute atomic E-state index is 12.1. The van der Waals surface area contributed by atoms with Crippen molar-refractivity contribution in [3.63, 3.8) is 0 Å². The van der Waals surface area contributed by atoms with Gasteiger partial charge in [-0.05, 0) is 55.2 Å². The van der Waals surface area contributed by atoms with Crippen molar-refractivity contribution in [2.24, 2.45) is 0 Å². The highest BCUT2D eigenvalue weighted by atomic mass is 16.5. The van der Waals surface area contributed by atoms with E-state index in [1.165, 1.54) is 0 Å². The van der Waals surface area contributed by atoms with Crippen LogP contribution in [0.1, 0.15) is 39.9 Å². The molecule has 0 unspecified atom stereocenters. The average molecular weight is 423 g/mol. The zero-order chi connectivity index (χ0) is 22.4. The third-order valence-corrected chi connectivity index (χ3v) is 5.17. The molecule has 0 radical (unpaired) electrons. The van der Waals surface area contributed by atoms with Gasteiger partial charge in [-0.1, -0.05) is 24.3 Å². The molecule has 8 heteroatoms. The smallest absolute Gasteiger partial charge is 0.338 e. The summed E-state index contributed by atoms with van der Waals surface area (Å²) in [6, 6.07) is 11.4. The number of ether oxygens (including phenoxy) is 1. The predicted octanol–water partition coefficient (Wildman–Crippen LogP) is 2.93. The zero-order valence-electron chi connectivity index (χ0n) is 17.6. The molecule has 8 nitrogen and oxygen atoms in total. The summed E-state index contributed by atoms with van der Waals surface area (Å²) in [5, 5.41) is 4.73. The number of esters is 1. The van der Waals surface area contributed by atoms with Crippen LogP contribution in [0, 0.1) is 13.8 Å². The SMILES string of the molecule is Cc1cccc(NC(=O)NC(=O)COC(=O)c2ccc(CN3CCCC3=O)cc2)c1C. The van der Waals surface area contributed by atoms with Crippen LogP contribution in [-0.4, -0.2) is 41.9 Å². The fraction of sp³-hybridized carbons (Fsp3) is 0.304. The third kappa shape index (κ3) is 5.91. The molecule has 1 heterocycles. The van der Waals surface area contributed by atoms with Crippen molar-refractivity contribution in [3.05, 3.63) is 64.7 Å². The number of hydrogen-bond acceptors (Lipinski definition) is 5. The standard InChI is InChI=1S/C23H25N3O5/c1-15-5-3-6-19(16(15)2)24-23(30)25-20(27)14-31-22(29)18-10-8-17(9-11-18)13-26-12-4-7-21(26)28/h3,5-6,8-11H,4,7,12-14H2,1-2H3,(H2,24,25,27,30). The lowest BCUT2D eigenvalue weighted by Gasteiger charge is -2.15. The number of anilines is 1. The van der Waals surface area contributed by atoms with Crippen LogP contribution in [0.2, 0.25) is 0 Å². The quantitative estimate of drug-likeness (QED) is 0.695. The fourth-order valence-electron chi connectivity index (χ4n) is 3.26. The monoisotopic (exact) mass is 423 g/mol. The first-order valence-electron chi connectivity index (χ1n) is 10.0. The maximum Gasteiger partial charge on any atom is 0.338 e. The topological polar surface area (TPSA) is 105 Å². The lowest BCUT2D eigenvalue weighted by Crippen LogP contribution is -2.37. The minimum absolute atomic E-state index is 0.135. The molecule has 0 bridgehead atoms. The minimum Gasteiger partial charge on any atom is -0.452 e. The maximum atomic E-state index is 12.1. The molecule has 31 heavy (non-hydrogen) atoms. The number of hydrogen-bond donors (Lipinski definition) is 2. The summed E-state index contributed by atoms with van der Waals surface area (Å²) in [7, 11) is 0. The predicted molar refractivity (Wildman–Crippen MR) is 114 cm³/mol. The van der Waals surface area contributed by atoms with Crippen LogP contribution >= 0.6 is 0 Å². The van der Waals surface area contributed by atoms with Gasteiger partial charge < -0.3 is 15.0 Å². The number of nitrogens with zero attached hydrogens (tertiary/aromatic N) is 1. The van der Waals surface area contributed by atoms with Crippen LogP contribution in [-0.2, 0) is 20.9 Å². The van der Waals surface area contributed by atoms with Crippen molar-refractivity contribution >= 4 is 29.5 Å². The van der Waals surface area contributed by atoms with E-state index in [0.29, 0.717) is 18.7 Å². The molecular weight excluding hydrogens is 398 g/mol. The highest BCUT2D eigenvalue weighted by Crippen LogP contribution is 2.18. The summed E-state index contributed by atoms with van der Waals surface area (Å²) in [4.78, 5) is 49.5. The number of benzene rings is 2. The summed E-state index contributed by atoms with van der Waals surface area (Å²) in [6.45, 7) is 4.45. The number of carbonyl (C=O) groups is 4. The van der Waals surface area contributed by atoms with Crippen molar-refractivity contribution in [1.29, 1.82) is 0 Å². The first-order chi connectivity index (χ1) is 14.8. The Balaban J connectivity index is 1.45. The Hall–Kier alpha value is -3.68. The molecule has 1 aliphatic heterocycles. The molecule has 1 aliphatic rings. The molecule has 0 atom stereocenters. The number of carbonyl (C=O) groups excluding carboxylic acids is 4. The van der Waals surface area contributed by atoms with Crippen LogP contribution in [0.25, 0.3) is 0 Å². The number of amides is 4. The van der Waals surface area contributed by atoms with Gasteiger partial charge in [-0.3, -0.25) is 14.9 Å². The van der Waals surface area contributed by atoms with Gasteiger partial charge in [-0.2, -0.15) is 0 Å². The summed E-state index contributed by atoms with van der Waals surface area (Å²) >= 11 is 0. The van der Waals surface area contributed by atoms with E-state index in [0.717, 1.165) is 29.7 Å². The average Bonchev–Trinajstić information content (AvgIpc) is 3.14. The molecular formula is C23H25N3O5. The first kappa shape index (κ1) is 22.0. The molecule has 2 N–H and O–H groups in total. The number of rotatable bonds is 6. The lowest BCUT2D eigenvalue weighted by molar-refractivity contribution is -0.128. The Kier molecular flexibility index (Phi) is 7.02. The number of nitrogens with one attached hydrogen (secondary N) is 2. The van der Waals surface area contributed by atoms with Gasteiger partial charge in [-0.25, -0.2) is 9.59 Å². The van der Waals surface area contributed by atoms with Crippen molar-refractivity contribution in [3.8, 4) is 0 Å². The van der Waals surface area contributed by atoms with Crippen LogP contribution < -0.4 is 10.6 Å². The van der Waals surface area contributed by atoms with E-state index < -0.39 is 24.5 Å². The van der Waals surface area contributed by atoms with E-state index >= 15 is 0 Å². The molecule has 2 aromatic rings. The Bertz CT molecular complexity index is 1000. The Morgan fingerprint density at radius 2 is 1.81 bits per heavy atom. The Labute approximate surface area is 180 Å². The third-order valence-electron chi connectivity index (χ3n) is 5.17. The zero-order valence-corrected chi connectivity index (χ0v) is 17.6.